The van der Waals surface area contributed by atoms with E-state index in [2.05, 4.69) is 17.2 Å². The van der Waals surface area contributed by atoms with Crippen LogP contribution in [-0.4, -0.2) is 52.9 Å². The third kappa shape index (κ3) is 4.41. The topological polar surface area (TPSA) is 74.7 Å². The number of aliphatic hydroxyl groups is 1. The van der Waals surface area contributed by atoms with Crippen LogP contribution >= 0.6 is 11.3 Å². The minimum atomic E-state index is -0.0388. The van der Waals surface area contributed by atoms with Crippen LogP contribution in [0.25, 0.3) is 10.2 Å². The summed E-state index contributed by atoms with van der Waals surface area (Å²) < 4.78 is 7.12. The number of nitrogens with one attached hydrogen (secondary N) is 1. The number of ether oxygens (including phenoxy) is 1. The monoisotopic (exact) mass is 363 g/mol. The van der Waals surface area contributed by atoms with E-state index in [1.165, 1.54) is 0 Å². The van der Waals surface area contributed by atoms with Crippen molar-refractivity contribution in [1.82, 2.24) is 15.2 Å². The van der Waals surface area contributed by atoms with Gasteiger partial charge in [0.1, 0.15) is 17.4 Å². The summed E-state index contributed by atoms with van der Waals surface area (Å²) in [5.41, 5.74) is 2.71. The molecule has 3 rings (SSSR count). The molecule has 2 heterocycles. The lowest BCUT2D eigenvalue weighted by atomic mass is 10.1. The molecule has 1 aromatic carbocycles. The van der Waals surface area contributed by atoms with Gasteiger partial charge in [-0.3, -0.25) is 0 Å². The predicted octanol–water partition coefficient (Wildman–Crippen LogP) is 3.01. The Morgan fingerprint density at radius 2 is 2.32 bits per heavy atom. The van der Waals surface area contributed by atoms with Crippen molar-refractivity contribution in [2.75, 3.05) is 19.7 Å². The molecule has 1 atom stereocenters. The third-order valence-electron chi connectivity index (χ3n) is 4.43. The second kappa shape index (κ2) is 8.49. The van der Waals surface area contributed by atoms with E-state index < -0.39 is 0 Å². The van der Waals surface area contributed by atoms with Crippen molar-refractivity contribution in [3.05, 3.63) is 23.7 Å². The zero-order valence-electron chi connectivity index (χ0n) is 14.5. The Labute approximate surface area is 151 Å². The van der Waals surface area contributed by atoms with Crippen LogP contribution in [-0.2, 0) is 0 Å². The zero-order chi connectivity index (χ0) is 17.6. The fourth-order valence-corrected chi connectivity index (χ4v) is 3.75. The number of hydrogen-bond donors (Lipinski definition) is 2. The number of urea groups is 1. The number of aromatic nitrogens is 1. The summed E-state index contributed by atoms with van der Waals surface area (Å²) in [5.74, 6) is 0.788. The quantitative estimate of drug-likeness (QED) is 0.756. The molecule has 0 spiro atoms. The number of benzene rings is 1. The van der Waals surface area contributed by atoms with Gasteiger partial charge in [0.25, 0.3) is 0 Å². The first-order valence-electron chi connectivity index (χ1n) is 8.86. The summed E-state index contributed by atoms with van der Waals surface area (Å²) in [6.45, 7) is 3.44. The summed E-state index contributed by atoms with van der Waals surface area (Å²) in [6.07, 6.45) is 3.50. The highest BCUT2D eigenvalue weighted by atomic mass is 32.1. The lowest BCUT2D eigenvalue weighted by Crippen LogP contribution is -2.60. The summed E-state index contributed by atoms with van der Waals surface area (Å²) in [7, 11) is 0. The summed E-state index contributed by atoms with van der Waals surface area (Å²) in [4.78, 5) is 18.5. The molecule has 1 fully saturated rings. The van der Waals surface area contributed by atoms with Crippen LogP contribution in [0.5, 0.6) is 5.75 Å². The van der Waals surface area contributed by atoms with E-state index in [-0.39, 0.29) is 24.8 Å². The number of fused-ring (bicyclic) bond motifs is 1. The van der Waals surface area contributed by atoms with Gasteiger partial charge in [-0.05, 0) is 31.4 Å². The molecule has 1 aliphatic heterocycles. The second-order valence-corrected chi connectivity index (χ2v) is 7.29. The average Bonchev–Trinajstić information content (AvgIpc) is 3.05. The molecular formula is C18H25N3O3S. The van der Waals surface area contributed by atoms with Crippen molar-refractivity contribution in [2.24, 2.45) is 0 Å². The van der Waals surface area contributed by atoms with Crippen LogP contribution in [0.15, 0.2) is 23.7 Å². The van der Waals surface area contributed by atoms with Crippen LogP contribution in [0.4, 0.5) is 4.79 Å². The van der Waals surface area contributed by atoms with Crippen molar-refractivity contribution < 1.29 is 14.6 Å². The van der Waals surface area contributed by atoms with Crippen LogP contribution in [0.1, 0.15) is 32.6 Å². The molecule has 0 aliphatic carbocycles. The molecular weight excluding hydrogens is 338 g/mol. The molecule has 136 valence electrons. The van der Waals surface area contributed by atoms with Crippen molar-refractivity contribution in [1.29, 1.82) is 0 Å². The van der Waals surface area contributed by atoms with Gasteiger partial charge in [-0.25, -0.2) is 9.78 Å². The number of thiazole rings is 1. The Bertz CT molecular complexity index is 700. The van der Waals surface area contributed by atoms with Crippen LogP contribution in [0.3, 0.4) is 0 Å². The van der Waals surface area contributed by atoms with Gasteiger partial charge in [0.2, 0.25) is 0 Å². The maximum atomic E-state index is 12.3. The first kappa shape index (κ1) is 17.9. The maximum absolute atomic E-state index is 12.3. The predicted molar refractivity (Wildman–Crippen MR) is 99.2 cm³/mol. The Morgan fingerprint density at radius 3 is 3.08 bits per heavy atom. The maximum Gasteiger partial charge on any atom is 0.317 e. The van der Waals surface area contributed by atoms with E-state index in [9.17, 15) is 4.79 Å². The van der Waals surface area contributed by atoms with Gasteiger partial charge in [0.05, 0.1) is 23.3 Å². The molecule has 1 aliphatic rings. The van der Waals surface area contributed by atoms with E-state index in [0.29, 0.717) is 19.5 Å². The first-order chi connectivity index (χ1) is 12.2. The molecule has 25 heavy (non-hydrogen) atoms. The van der Waals surface area contributed by atoms with Crippen LogP contribution in [0, 0.1) is 0 Å². The number of aliphatic hydroxyl groups excluding tert-OH is 1. The fraction of sp³-hybridized carbons (Fsp3) is 0.556. The molecule has 1 saturated heterocycles. The number of carbonyl (C=O) groups is 1. The molecule has 2 amide bonds. The normalized spacial score (nSPS) is 15.8. The zero-order valence-corrected chi connectivity index (χ0v) is 15.3. The van der Waals surface area contributed by atoms with Crippen molar-refractivity contribution in [3.63, 3.8) is 0 Å². The van der Waals surface area contributed by atoms with E-state index in [1.54, 1.807) is 16.2 Å². The molecule has 0 radical (unpaired) electrons. The van der Waals surface area contributed by atoms with Crippen LogP contribution < -0.4 is 10.1 Å². The van der Waals surface area contributed by atoms with Gasteiger partial charge in [0.15, 0.2) is 0 Å². The van der Waals surface area contributed by atoms with Gasteiger partial charge >= 0.3 is 6.03 Å². The third-order valence-corrected chi connectivity index (χ3v) is 5.22. The Morgan fingerprint density at radius 1 is 1.48 bits per heavy atom. The number of amides is 2. The smallest absolute Gasteiger partial charge is 0.317 e. The van der Waals surface area contributed by atoms with Gasteiger partial charge < -0.3 is 20.1 Å². The highest BCUT2D eigenvalue weighted by molar-refractivity contribution is 7.16. The van der Waals surface area contributed by atoms with E-state index in [0.717, 1.165) is 35.2 Å². The molecule has 0 unspecified atom stereocenters. The van der Waals surface area contributed by atoms with Gasteiger partial charge in [-0.1, -0.05) is 19.4 Å². The highest BCUT2D eigenvalue weighted by Crippen LogP contribution is 2.29. The Hall–Kier alpha value is -1.86. The summed E-state index contributed by atoms with van der Waals surface area (Å²) >= 11 is 1.59. The molecule has 2 aromatic rings. The molecule has 6 nitrogen and oxygen atoms in total. The first-order valence-corrected chi connectivity index (χ1v) is 9.74. The SMILES string of the molecule is CCC[C@H](CCCO)NC(=O)N1CC(Oc2cccc3scnc23)C1. The van der Waals surface area contributed by atoms with Gasteiger partial charge in [-0.2, -0.15) is 0 Å². The van der Waals surface area contributed by atoms with Crippen molar-refractivity contribution in [3.8, 4) is 5.75 Å². The fourth-order valence-electron chi connectivity index (χ4n) is 3.05. The number of carbonyl (C=O) groups excluding carboxylic acids is 1. The molecule has 7 heteroatoms. The summed E-state index contributed by atoms with van der Waals surface area (Å²) in [5, 5.41) is 12.0. The molecule has 1 aromatic heterocycles. The van der Waals surface area contributed by atoms with Crippen molar-refractivity contribution >= 4 is 27.6 Å². The molecule has 0 bridgehead atoms. The highest BCUT2D eigenvalue weighted by Gasteiger charge is 2.33. The van der Waals surface area contributed by atoms with Crippen molar-refractivity contribution in [2.45, 2.75) is 44.8 Å². The van der Waals surface area contributed by atoms with Gasteiger partial charge in [0, 0.05) is 12.6 Å². The largest absolute Gasteiger partial charge is 0.484 e. The average molecular weight is 363 g/mol. The van der Waals surface area contributed by atoms with E-state index in [4.69, 9.17) is 9.84 Å². The Balaban J connectivity index is 1.48. The molecule has 0 saturated carbocycles. The van der Waals surface area contributed by atoms with E-state index in [1.807, 2.05) is 23.7 Å². The number of hydrogen-bond acceptors (Lipinski definition) is 5. The lowest BCUT2D eigenvalue weighted by molar-refractivity contribution is 0.0440. The minimum Gasteiger partial charge on any atom is -0.484 e. The number of nitrogens with zero attached hydrogens (tertiary/aromatic N) is 2. The standard InChI is InChI=1S/C18H25N3O3S/c1-2-5-13(6-4-9-22)20-18(23)21-10-14(11-21)24-15-7-3-8-16-17(15)19-12-25-16/h3,7-8,12-14,22H,2,4-6,9-11H2,1H3,(H,20,23)/t13-/m1/s1. The number of likely N-dealkylation sites (tertiary alicyclic amines) is 1. The number of rotatable bonds is 8. The van der Waals surface area contributed by atoms with Crippen LogP contribution in [0.2, 0.25) is 0 Å². The number of para-hydroxylation sites is 1. The lowest BCUT2D eigenvalue weighted by Gasteiger charge is -2.39. The second-order valence-electron chi connectivity index (χ2n) is 6.40. The molecule has 2 N–H and O–H groups in total. The Kier molecular flexibility index (Phi) is 6.09. The van der Waals surface area contributed by atoms with E-state index >= 15 is 0 Å². The summed E-state index contributed by atoms with van der Waals surface area (Å²) in [6, 6.07) is 6.02. The minimum absolute atomic E-state index is 0.0140. The van der Waals surface area contributed by atoms with Gasteiger partial charge in [-0.15, -0.1) is 11.3 Å².